The predicted molar refractivity (Wildman–Crippen MR) is 60.4 cm³/mol. The van der Waals surface area contributed by atoms with E-state index in [1.807, 2.05) is 6.92 Å². The Balaban J connectivity index is -0.000000166. The molecular weight excluding hydrogens is 196 g/mol. The summed E-state index contributed by atoms with van der Waals surface area (Å²) >= 11 is 0. The lowest BCUT2D eigenvalue weighted by atomic mass is 10.3. The number of rotatable bonds is 4. The number of carbonyl (C=O) groups is 2. The van der Waals surface area contributed by atoms with E-state index in [1.54, 1.807) is 0 Å². The molecule has 0 saturated heterocycles. The van der Waals surface area contributed by atoms with Gasteiger partial charge < -0.3 is 9.84 Å². The molecule has 0 unspecified atom stereocenters. The summed E-state index contributed by atoms with van der Waals surface area (Å²) in [7, 11) is 0. The van der Waals surface area contributed by atoms with Gasteiger partial charge in [-0.05, 0) is 6.42 Å². The summed E-state index contributed by atoms with van der Waals surface area (Å²) in [4.78, 5) is 19.5. The molecule has 0 aliphatic rings. The third-order valence-electron chi connectivity index (χ3n) is 0.993. The first kappa shape index (κ1) is 19.1. The van der Waals surface area contributed by atoms with Crippen LogP contribution >= 0.6 is 0 Å². The molecule has 0 saturated carbocycles. The average molecular weight is 216 g/mol. The van der Waals surface area contributed by atoms with Gasteiger partial charge in [0.1, 0.15) is 0 Å². The monoisotopic (exact) mass is 216 g/mol. The van der Waals surface area contributed by atoms with Gasteiger partial charge >= 0.3 is 11.9 Å². The van der Waals surface area contributed by atoms with E-state index in [4.69, 9.17) is 5.11 Å². The Hall–Kier alpha value is -1.58. The fourth-order valence-corrected chi connectivity index (χ4v) is 0.445. The van der Waals surface area contributed by atoms with E-state index < -0.39 is 5.97 Å². The van der Waals surface area contributed by atoms with Gasteiger partial charge in [-0.2, -0.15) is 0 Å². The number of unbranched alkanes of at least 4 members (excludes halogenated alkanes) is 1. The lowest BCUT2D eigenvalue weighted by Crippen LogP contribution is -1.91. The van der Waals surface area contributed by atoms with Crippen molar-refractivity contribution in [2.75, 3.05) is 0 Å². The van der Waals surface area contributed by atoms with Crippen LogP contribution in [0.1, 0.15) is 33.1 Å². The summed E-state index contributed by atoms with van der Waals surface area (Å²) in [5.41, 5.74) is 0. The van der Waals surface area contributed by atoms with Gasteiger partial charge in [0.2, 0.25) is 0 Å². The van der Waals surface area contributed by atoms with E-state index in [-0.39, 0.29) is 5.97 Å². The molecular formula is C11H20O4. The second kappa shape index (κ2) is 18.3. The minimum Gasteiger partial charge on any atom is -0.481 e. The van der Waals surface area contributed by atoms with Crippen molar-refractivity contribution in [3.8, 4) is 0 Å². The molecule has 0 atom stereocenters. The van der Waals surface area contributed by atoms with Crippen LogP contribution in [0.4, 0.5) is 0 Å². The Morgan fingerprint density at radius 2 is 1.87 bits per heavy atom. The summed E-state index contributed by atoms with van der Waals surface area (Å²) in [6.45, 7) is 12.5. The molecule has 0 aromatic carbocycles. The summed E-state index contributed by atoms with van der Waals surface area (Å²) in [6.07, 6.45) is 3.18. The van der Waals surface area contributed by atoms with E-state index in [2.05, 4.69) is 24.5 Å². The molecule has 0 heterocycles. The summed E-state index contributed by atoms with van der Waals surface area (Å²) in [5, 5.41) is 8.04. The lowest BCUT2D eigenvalue weighted by molar-refractivity contribution is -0.137. The smallest absolute Gasteiger partial charge is 0.307 e. The summed E-state index contributed by atoms with van der Waals surface area (Å²) < 4.78 is 4.17. The quantitative estimate of drug-likeness (QED) is 0.446. The zero-order valence-corrected chi connectivity index (χ0v) is 9.49. The molecule has 15 heavy (non-hydrogen) atoms. The van der Waals surface area contributed by atoms with Gasteiger partial charge in [-0.15, -0.1) is 13.2 Å². The fraction of sp³-hybridized carbons (Fsp3) is 0.455. The van der Waals surface area contributed by atoms with E-state index >= 15 is 0 Å². The maximum atomic E-state index is 9.76. The molecule has 0 rings (SSSR count). The van der Waals surface area contributed by atoms with Crippen molar-refractivity contribution in [2.24, 2.45) is 0 Å². The van der Waals surface area contributed by atoms with Crippen molar-refractivity contribution in [3.05, 3.63) is 26.0 Å². The van der Waals surface area contributed by atoms with E-state index in [0.29, 0.717) is 6.42 Å². The van der Waals surface area contributed by atoms with Crippen LogP contribution in [0.15, 0.2) is 26.0 Å². The standard InChI is InChI=1S/C5H10O2.C4H6O2.C2H4/c1-2-3-4-5(6)7;1-3-6-4(2)5;1-2/h2-4H2,1H3,(H,6,7);3H,1H2,2H3;1-2H2. The van der Waals surface area contributed by atoms with Crippen molar-refractivity contribution >= 4 is 11.9 Å². The highest BCUT2D eigenvalue weighted by molar-refractivity contribution is 5.66. The highest BCUT2D eigenvalue weighted by atomic mass is 16.5. The van der Waals surface area contributed by atoms with Gasteiger partial charge in [0.05, 0.1) is 6.26 Å². The summed E-state index contributed by atoms with van der Waals surface area (Å²) in [5.74, 6) is -1.02. The maximum Gasteiger partial charge on any atom is 0.307 e. The van der Waals surface area contributed by atoms with Crippen LogP contribution in [0.25, 0.3) is 0 Å². The first-order valence-corrected chi connectivity index (χ1v) is 4.54. The third-order valence-corrected chi connectivity index (χ3v) is 0.993. The molecule has 0 aromatic rings. The Kier molecular flexibility index (Phi) is 23.2. The molecule has 0 spiro atoms. The second-order valence-electron chi connectivity index (χ2n) is 2.27. The number of hydrogen-bond donors (Lipinski definition) is 1. The molecule has 88 valence electrons. The molecule has 0 amide bonds. The molecule has 4 nitrogen and oxygen atoms in total. The largest absolute Gasteiger partial charge is 0.481 e. The number of esters is 1. The SMILES string of the molecule is C=C.C=COC(C)=O.CCCCC(=O)O. The Labute approximate surface area is 91.3 Å². The molecule has 0 aliphatic heterocycles. The van der Waals surface area contributed by atoms with E-state index in [1.165, 1.54) is 6.92 Å². The van der Waals surface area contributed by atoms with Crippen LogP contribution < -0.4 is 0 Å². The number of carboxylic acid groups (broad SMARTS) is 1. The van der Waals surface area contributed by atoms with E-state index in [0.717, 1.165) is 19.1 Å². The van der Waals surface area contributed by atoms with Crippen molar-refractivity contribution < 1.29 is 19.4 Å². The predicted octanol–water partition coefficient (Wildman–Crippen LogP) is 2.76. The van der Waals surface area contributed by atoms with Gasteiger partial charge in [0, 0.05) is 13.3 Å². The highest BCUT2D eigenvalue weighted by Crippen LogP contribution is 1.91. The van der Waals surface area contributed by atoms with Crippen LogP contribution in [0.2, 0.25) is 0 Å². The highest BCUT2D eigenvalue weighted by Gasteiger charge is 1.90. The van der Waals surface area contributed by atoms with Gasteiger partial charge in [0.25, 0.3) is 0 Å². The van der Waals surface area contributed by atoms with Crippen LogP contribution in [0.5, 0.6) is 0 Å². The fourth-order valence-electron chi connectivity index (χ4n) is 0.445. The van der Waals surface area contributed by atoms with Crippen LogP contribution in [-0.2, 0) is 14.3 Å². The van der Waals surface area contributed by atoms with Crippen molar-refractivity contribution in [2.45, 2.75) is 33.1 Å². The van der Waals surface area contributed by atoms with Crippen molar-refractivity contribution in [1.29, 1.82) is 0 Å². The Morgan fingerprint density at radius 1 is 1.40 bits per heavy atom. The van der Waals surface area contributed by atoms with Crippen molar-refractivity contribution in [3.63, 3.8) is 0 Å². The molecule has 0 aliphatic carbocycles. The molecule has 0 radical (unpaired) electrons. The van der Waals surface area contributed by atoms with E-state index in [9.17, 15) is 9.59 Å². The molecule has 1 N–H and O–H groups in total. The lowest BCUT2D eigenvalue weighted by Gasteiger charge is -1.85. The molecule has 0 fully saturated rings. The third kappa shape index (κ3) is 45.9. The topological polar surface area (TPSA) is 63.6 Å². The number of carbonyl (C=O) groups excluding carboxylic acids is 1. The summed E-state index contributed by atoms with van der Waals surface area (Å²) in [6, 6.07) is 0. The van der Waals surface area contributed by atoms with Crippen molar-refractivity contribution in [1.82, 2.24) is 0 Å². The van der Waals surface area contributed by atoms with Crippen LogP contribution in [-0.4, -0.2) is 17.0 Å². The number of ether oxygens (including phenoxy) is 1. The van der Waals surface area contributed by atoms with Crippen LogP contribution in [0, 0.1) is 0 Å². The minimum atomic E-state index is -0.693. The van der Waals surface area contributed by atoms with Gasteiger partial charge in [-0.3, -0.25) is 9.59 Å². The zero-order chi connectivity index (χ0) is 12.7. The second-order valence-corrected chi connectivity index (χ2v) is 2.27. The maximum absolute atomic E-state index is 9.76. The van der Waals surface area contributed by atoms with Gasteiger partial charge in [0.15, 0.2) is 0 Å². The van der Waals surface area contributed by atoms with Gasteiger partial charge in [-0.25, -0.2) is 0 Å². The average Bonchev–Trinajstić information content (AvgIpc) is 2.18. The minimum absolute atomic E-state index is 0.316. The first-order valence-electron chi connectivity index (χ1n) is 4.54. The number of hydrogen-bond acceptors (Lipinski definition) is 3. The normalized spacial score (nSPS) is 7.07. The first-order chi connectivity index (χ1) is 7.04. The number of aliphatic carboxylic acids is 1. The Morgan fingerprint density at radius 3 is 1.93 bits per heavy atom. The molecule has 0 aromatic heterocycles. The number of carboxylic acids is 1. The molecule has 0 bridgehead atoms. The molecule has 4 heteroatoms. The zero-order valence-electron chi connectivity index (χ0n) is 9.49. The van der Waals surface area contributed by atoms with Crippen LogP contribution in [0.3, 0.4) is 0 Å². The Bertz CT molecular complexity index is 175. The van der Waals surface area contributed by atoms with Gasteiger partial charge in [-0.1, -0.05) is 19.9 Å².